The van der Waals surface area contributed by atoms with E-state index in [1.807, 2.05) is 0 Å². The van der Waals surface area contributed by atoms with Gasteiger partial charge in [0, 0.05) is 12.1 Å². The summed E-state index contributed by atoms with van der Waals surface area (Å²) >= 11 is 0. The molecule has 1 unspecified atom stereocenters. The van der Waals surface area contributed by atoms with E-state index in [0.717, 1.165) is 13.0 Å². The molecule has 0 aromatic heterocycles. The average Bonchev–Trinajstić information content (AvgIpc) is 2.19. The molecule has 1 aliphatic rings. The van der Waals surface area contributed by atoms with Crippen LogP contribution in [0.1, 0.15) is 31.7 Å². The molecule has 1 fully saturated rings. The summed E-state index contributed by atoms with van der Waals surface area (Å²) < 4.78 is 0. The molecule has 0 spiro atoms. The number of hydrogen-bond donors (Lipinski definition) is 0. The van der Waals surface area contributed by atoms with Crippen molar-refractivity contribution in [3.63, 3.8) is 0 Å². The Morgan fingerprint density at radius 2 is 2.00 bits per heavy atom. The molecular weight excluding hydrogens is 170 g/mol. The van der Waals surface area contributed by atoms with Gasteiger partial charge in [-0.25, -0.2) is 5.32 Å². The summed E-state index contributed by atoms with van der Waals surface area (Å²) in [6, 6.07) is 10.7. The zero-order chi connectivity index (χ0) is 9.86. The van der Waals surface area contributed by atoms with E-state index in [4.69, 9.17) is 5.32 Å². The Labute approximate surface area is 86.5 Å². The van der Waals surface area contributed by atoms with Gasteiger partial charge in [0.2, 0.25) is 0 Å². The van der Waals surface area contributed by atoms with Crippen molar-refractivity contribution in [1.29, 1.82) is 0 Å². The zero-order valence-electron chi connectivity index (χ0n) is 8.87. The Hall–Kier alpha value is -0.820. The Kier molecular flexibility index (Phi) is 2.87. The zero-order valence-corrected chi connectivity index (χ0v) is 8.87. The Morgan fingerprint density at radius 3 is 2.64 bits per heavy atom. The molecule has 14 heavy (non-hydrogen) atoms. The van der Waals surface area contributed by atoms with Crippen LogP contribution in [-0.4, -0.2) is 12.1 Å². The maximum atomic E-state index is 4.76. The molecule has 1 heterocycles. The molecule has 75 valence electrons. The van der Waals surface area contributed by atoms with E-state index >= 15 is 0 Å². The maximum Gasteiger partial charge on any atom is 0.0368 e. The summed E-state index contributed by atoms with van der Waals surface area (Å²) in [7, 11) is 0. The highest BCUT2D eigenvalue weighted by atomic mass is 15.0. The molecule has 0 amide bonds. The lowest BCUT2D eigenvalue weighted by Gasteiger charge is -2.33. The molecule has 0 bridgehead atoms. The van der Waals surface area contributed by atoms with E-state index in [1.54, 1.807) is 0 Å². The second-order valence-corrected chi connectivity index (χ2v) is 4.50. The van der Waals surface area contributed by atoms with Gasteiger partial charge in [-0.1, -0.05) is 36.8 Å². The van der Waals surface area contributed by atoms with Crippen LogP contribution < -0.4 is 5.32 Å². The van der Waals surface area contributed by atoms with E-state index in [1.165, 1.54) is 24.8 Å². The summed E-state index contributed by atoms with van der Waals surface area (Å²) in [5.41, 5.74) is 1.63. The molecular formula is C13H18N. The number of rotatable bonds is 2. The first kappa shape index (κ1) is 9.72. The molecule has 1 atom stereocenters. The van der Waals surface area contributed by atoms with Crippen LogP contribution in [0.25, 0.3) is 0 Å². The second-order valence-electron chi connectivity index (χ2n) is 4.50. The van der Waals surface area contributed by atoms with Gasteiger partial charge >= 0.3 is 0 Å². The first-order valence-corrected chi connectivity index (χ1v) is 5.51. The molecule has 0 saturated carbocycles. The van der Waals surface area contributed by atoms with Crippen LogP contribution in [0.15, 0.2) is 30.3 Å². The smallest absolute Gasteiger partial charge is 0.0368 e. The van der Waals surface area contributed by atoms with Crippen molar-refractivity contribution < 1.29 is 0 Å². The first-order chi connectivity index (χ1) is 6.79. The van der Waals surface area contributed by atoms with Gasteiger partial charge in [-0.15, -0.1) is 0 Å². The van der Waals surface area contributed by atoms with Gasteiger partial charge in [0.1, 0.15) is 0 Å². The topological polar surface area (TPSA) is 14.1 Å². The normalized spacial score (nSPS) is 27.5. The van der Waals surface area contributed by atoms with Crippen LogP contribution in [0.2, 0.25) is 0 Å². The monoisotopic (exact) mass is 188 g/mol. The number of benzene rings is 1. The quantitative estimate of drug-likeness (QED) is 0.677. The van der Waals surface area contributed by atoms with E-state index in [2.05, 4.69) is 37.3 Å². The van der Waals surface area contributed by atoms with Crippen LogP contribution >= 0.6 is 0 Å². The molecule has 1 nitrogen and oxygen atoms in total. The fourth-order valence-electron chi connectivity index (χ4n) is 2.23. The van der Waals surface area contributed by atoms with E-state index < -0.39 is 0 Å². The van der Waals surface area contributed by atoms with Crippen molar-refractivity contribution in [2.45, 2.75) is 38.1 Å². The minimum absolute atomic E-state index is 0.208. The molecule has 0 N–H and O–H groups in total. The predicted molar refractivity (Wildman–Crippen MR) is 59.4 cm³/mol. The van der Waals surface area contributed by atoms with Gasteiger partial charge in [0.25, 0.3) is 0 Å². The molecule has 0 aliphatic carbocycles. The van der Waals surface area contributed by atoms with Crippen LogP contribution in [0.5, 0.6) is 0 Å². The number of hydrogen-bond acceptors (Lipinski definition) is 0. The van der Waals surface area contributed by atoms with Gasteiger partial charge in [-0.3, -0.25) is 0 Å². The minimum atomic E-state index is 0.208. The third-order valence-electron chi connectivity index (χ3n) is 3.04. The standard InChI is InChI=1S/C13H18N/c1-13(9-5-6-10-14-13)11-12-7-3-2-4-8-12/h2-4,7-8H,5-6,9-11H2,1H3. The van der Waals surface area contributed by atoms with Gasteiger partial charge in [-0.2, -0.15) is 0 Å². The largest absolute Gasteiger partial charge is 0.235 e. The number of piperidine rings is 1. The van der Waals surface area contributed by atoms with Gasteiger partial charge in [0.05, 0.1) is 0 Å². The predicted octanol–water partition coefficient (Wildman–Crippen LogP) is 2.78. The lowest BCUT2D eigenvalue weighted by Crippen LogP contribution is -2.42. The lowest BCUT2D eigenvalue weighted by molar-refractivity contribution is 0.269. The molecule has 1 aromatic rings. The highest BCUT2D eigenvalue weighted by Crippen LogP contribution is 2.24. The third kappa shape index (κ3) is 2.36. The fourth-order valence-corrected chi connectivity index (χ4v) is 2.23. The van der Waals surface area contributed by atoms with Crippen molar-refractivity contribution in [3.05, 3.63) is 35.9 Å². The molecule has 1 saturated heterocycles. The summed E-state index contributed by atoms with van der Waals surface area (Å²) in [4.78, 5) is 0. The Balaban J connectivity index is 2.02. The third-order valence-corrected chi connectivity index (χ3v) is 3.04. The average molecular weight is 188 g/mol. The van der Waals surface area contributed by atoms with Crippen molar-refractivity contribution >= 4 is 0 Å². The van der Waals surface area contributed by atoms with E-state index in [9.17, 15) is 0 Å². The minimum Gasteiger partial charge on any atom is -0.235 e. The molecule has 1 radical (unpaired) electrons. The van der Waals surface area contributed by atoms with Crippen LogP contribution in [0.4, 0.5) is 0 Å². The number of nitrogens with zero attached hydrogens (tertiary/aromatic N) is 1. The maximum absolute atomic E-state index is 4.76. The van der Waals surface area contributed by atoms with Crippen molar-refractivity contribution in [1.82, 2.24) is 5.32 Å². The van der Waals surface area contributed by atoms with E-state index in [0.29, 0.717) is 0 Å². The highest BCUT2D eigenvalue weighted by molar-refractivity contribution is 5.17. The van der Waals surface area contributed by atoms with Gasteiger partial charge in [0.15, 0.2) is 0 Å². The Bertz CT molecular complexity index is 273. The van der Waals surface area contributed by atoms with Crippen LogP contribution in [0.3, 0.4) is 0 Å². The SMILES string of the molecule is CC1(Cc2ccccc2)CCCC[N]1. The summed E-state index contributed by atoms with van der Waals surface area (Å²) in [6.45, 7) is 3.35. The van der Waals surface area contributed by atoms with Crippen LogP contribution in [0, 0.1) is 0 Å². The summed E-state index contributed by atoms with van der Waals surface area (Å²) in [5, 5.41) is 4.76. The van der Waals surface area contributed by atoms with Crippen molar-refractivity contribution in [2.24, 2.45) is 0 Å². The highest BCUT2D eigenvalue weighted by Gasteiger charge is 2.27. The first-order valence-electron chi connectivity index (χ1n) is 5.51. The van der Waals surface area contributed by atoms with E-state index in [-0.39, 0.29) is 5.54 Å². The molecule has 1 aliphatic heterocycles. The summed E-state index contributed by atoms with van der Waals surface area (Å²) in [5.74, 6) is 0. The van der Waals surface area contributed by atoms with Gasteiger partial charge in [-0.05, 0) is 31.7 Å². The summed E-state index contributed by atoms with van der Waals surface area (Å²) in [6.07, 6.45) is 4.98. The van der Waals surface area contributed by atoms with Crippen LogP contribution in [-0.2, 0) is 6.42 Å². The van der Waals surface area contributed by atoms with Crippen molar-refractivity contribution in [3.8, 4) is 0 Å². The fraction of sp³-hybridized carbons (Fsp3) is 0.538. The van der Waals surface area contributed by atoms with Gasteiger partial charge < -0.3 is 0 Å². The molecule has 2 rings (SSSR count). The second kappa shape index (κ2) is 4.14. The Morgan fingerprint density at radius 1 is 1.21 bits per heavy atom. The lowest BCUT2D eigenvalue weighted by atomic mass is 9.85. The molecule has 1 heteroatoms. The molecule has 1 aromatic carbocycles. The van der Waals surface area contributed by atoms with Crippen molar-refractivity contribution in [2.75, 3.05) is 6.54 Å².